The predicted octanol–water partition coefficient (Wildman–Crippen LogP) is 5.86. The average molecular weight is 425 g/mol. The van der Waals surface area contributed by atoms with E-state index >= 15 is 0 Å². The highest BCUT2D eigenvalue weighted by atomic mass is 35.5. The number of carboxylic acids is 1. The molecule has 0 aliphatic heterocycles. The molecule has 0 amide bonds. The van der Waals surface area contributed by atoms with E-state index in [0.717, 1.165) is 36.4 Å². The first-order valence-corrected chi connectivity index (χ1v) is 10.2. The molecular formula is C21H26Cl2N2O3. The first kappa shape index (κ1) is 22.3. The Balaban J connectivity index is 2.27. The molecule has 0 aliphatic rings. The van der Waals surface area contributed by atoms with Crippen LogP contribution in [-0.4, -0.2) is 27.2 Å². The average Bonchev–Trinajstić information content (AvgIpc) is 2.95. The van der Waals surface area contributed by atoms with E-state index in [4.69, 9.17) is 27.9 Å². The van der Waals surface area contributed by atoms with Crippen LogP contribution < -0.4 is 4.74 Å². The SMILES string of the molecule is CCCCCOc1ccc(Cn2c(CC)nc(Cl)c2/C=C(\C)C(=O)O)c(Cl)c1. The van der Waals surface area contributed by atoms with Crippen LogP contribution in [-0.2, 0) is 17.8 Å². The Hall–Kier alpha value is -1.98. The van der Waals surface area contributed by atoms with E-state index in [1.165, 1.54) is 13.0 Å². The maximum absolute atomic E-state index is 11.2. The second-order valence-corrected chi connectivity index (χ2v) is 7.35. The Morgan fingerprint density at radius 1 is 1.29 bits per heavy atom. The Bertz CT molecular complexity index is 860. The van der Waals surface area contributed by atoms with E-state index in [0.29, 0.717) is 30.3 Å². The molecule has 1 aromatic carbocycles. The van der Waals surface area contributed by atoms with Crippen molar-refractivity contribution in [3.05, 3.63) is 51.0 Å². The van der Waals surface area contributed by atoms with Gasteiger partial charge in [0.1, 0.15) is 11.6 Å². The molecule has 152 valence electrons. The number of halogens is 2. The Labute approximate surface area is 175 Å². The predicted molar refractivity (Wildman–Crippen MR) is 113 cm³/mol. The molecule has 28 heavy (non-hydrogen) atoms. The highest BCUT2D eigenvalue weighted by molar-refractivity contribution is 6.31. The molecule has 0 saturated carbocycles. The molecule has 0 unspecified atom stereocenters. The number of nitrogens with zero attached hydrogens (tertiary/aromatic N) is 2. The maximum atomic E-state index is 11.2. The third-order valence-electron chi connectivity index (χ3n) is 4.42. The molecule has 0 radical (unpaired) electrons. The van der Waals surface area contributed by atoms with Crippen LogP contribution in [0.3, 0.4) is 0 Å². The van der Waals surface area contributed by atoms with Crippen LogP contribution in [0.5, 0.6) is 5.75 Å². The minimum atomic E-state index is -0.996. The first-order valence-electron chi connectivity index (χ1n) is 9.45. The Morgan fingerprint density at radius 2 is 2.04 bits per heavy atom. The number of hydrogen-bond acceptors (Lipinski definition) is 3. The zero-order valence-corrected chi connectivity index (χ0v) is 18.0. The number of hydrogen-bond donors (Lipinski definition) is 1. The third kappa shape index (κ3) is 5.76. The lowest BCUT2D eigenvalue weighted by atomic mass is 10.2. The zero-order valence-electron chi connectivity index (χ0n) is 16.5. The van der Waals surface area contributed by atoms with Crippen molar-refractivity contribution in [2.45, 2.75) is 53.0 Å². The van der Waals surface area contributed by atoms with Gasteiger partial charge in [0.2, 0.25) is 0 Å². The smallest absolute Gasteiger partial charge is 0.331 e. The first-order chi connectivity index (χ1) is 13.4. The number of aliphatic carboxylic acids is 1. The minimum Gasteiger partial charge on any atom is -0.494 e. The van der Waals surface area contributed by atoms with Crippen LogP contribution in [0, 0.1) is 0 Å². The summed E-state index contributed by atoms with van der Waals surface area (Å²) in [5, 5.41) is 10.1. The van der Waals surface area contributed by atoms with Crippen molar-refractivity contribution in [3.8, 4) is 5.75 Å². The largest absolute Gasteiger partial charge is 0.494 e. The van der Waals surface area contributed by atoms with Gasteiger partial charge in [0, 0.05) is 17.0 Å². The molecule has 0 aliphatic carbocycles. The van der Waals surface area contributed by atoms with Crippen LogP contribution in [0.4, 0.5) is 0 Å². The molecule has 1 heterocycles. The summed E-state index contributed by atoms with van der Waals surface area (Å²) in [6, 6.07) is 5.63. The van der Waals surface area contributed by atoms with Gasteiger partial charge in [-0.05, 0) is 37.1 Å². The minimum absolute atomic E-state index is 0.188. The molecule has 0 spiro atoms. The summed E-state index contributed by atoms with van der Waals surface area (Å²) < 4.78 is 7.65. The topological polar surface area (TPSA) is 64.4 Å². The normalized spacial score (nSPS) is 11.7. The Morgan fingerprint density at radius 3 is 2.64 bits per heavy atom. The fraction of sp³-hybridized carbons (Fsp3) is 0.429. The van der Waals surface area contributed by atoms with Crippen molar-refractivity contribution >= 4 is 35.2 Å². The lowest BCUT2D eigenvalue weighted by Crippen LogP contribution is -2.08. The summed E-state index contributed by atoms with van der Waals surface area (Å²) in [4.78, 5) is 15.6. The number of carbonyl (C=O) groups is 1. The van der Waals surface area contributed by atoms with Gasteiger partial charge in [-0.2, -0.15) is 0 Å². The molecule has 2 aromatic rings. The van der Waals surface area contributed by atoms with Crippen molar-refractivity contribution in [3.63, 3.8) is 0 Å². The fourth-order valence-electron chi connectivity index (χ4n) is 2.79. The van der Waals surface area contributed by atoms with Crippen LogP contribution in [0.15, 0.2) is 23.8 Å². The number of ether oxygens (including phenoxy) is 1. The number of carboxylic acid groups (broad SMARTS) is 1. The molecule has 1 aromatic heterocycles. The van der Waals surface area contributed by atoms with Gasteiger partial charge in [0.25, 0.3) is 0 Å². The van der Waals surface area contributed by atoms with E-state index in [-0.39, 0.29) is 10.7 Å². The van der Waals surface area contributed by atoms with Crippen LogP contribution >= 0.6 is 23.2 Å². The molecule has 7 heteroatoms. The fourth-order valence-corrected chi connectivity index (χ4v) is 3.27. The van der Waals surface area contributed by atoms with Gasteiger partial charge in [-0.25, -0.2) is 9.78 Å². The van der Waals surface area contributed by atoms with Crippen LogP contribution in [0.1, 0.15) is 57.1 Å². The maximum Gasteiger partial charge on any atom is 0.331 e. The number of aryl methyl sites for hydroxylation is 1. The summed E-state index contributed by atoms with van der Waals surface area (Å²) in [5.74, 6) is 0.515. The third-order valence-corrected chi connectivity index (χ3v) is 5.05. The molecule has 0 bridgehead atoms. The Kier molecular flexibility index (Phi) is 8.39. The summed E-state index contributed by atoms with van der Waals surface area (Å²) in [6.45, 7) is 6.77. The zero-order chi connectivity index (χ0) is 20.7. The molecule has 0 fully saturated rings. The second-order valence-electron chi connectivity index (χ2n) is 6.59. The van der Waals surface area contributed by atoms with Crippen LogP contribution in [0.25, 0.3) is 6.08 Å². The van der Waals surface area contributed by atoms with Gasteiger partial charge >= 0.3 is 5.97 Å². The van der Waals surface area contributed by atoms with E-state index in [2.05, 4.69) is 11.9 Å². The summed E-state index contributed by atoms with van der Waals surface area (Å²) in [7, 11) is 0. The number of aromatic nitrogens is 2. The monoisotopic (exact) mass is 424 g/mol. The van der Waals surface area contributed by atoms with Crippen LogP contribution in [0.2, 0.25) is 10.2 Å². The molecular weight excluding hydrogens is 399 g/mol. The number of benzene rings is 1. The van der Waals surface area contributed by atoms with Gasteiger partial charge in [-0.1, -0.05) is 56.0 Å². The van der Waals surface area contributed by atoms with Gasteiger partial charge in [0.05, 0.1) is 18.8 Å². The van der Waals surface area contributed by atoms with E-state index < -0.39 is 5.97 Å². The lowest BCUT2D eigenvalue weighted by Gasteiger charge is -2.13. The van der Waals surface area contributed by atoms with Gasteiger partial charge < -0.3 is 14.4 Å². The standard InChI is InChI=1S/C21H26Cl2N2O3/c1-4-6-7-10-28-16-9-8-15(17(22)12-16)13-25-18(11-14(3)21(26)27)20(23)24-19(25)5-2/h8-9,11-12H,4-7,10,13H2,1-3H3,(H,26,27)/b14-11+. The second kappa shape index (κ2) is 10.5. The van der Waals surface area contributed by atoms with E-state index in [9.17, 15) is 9.90 Å². The summed E-state index contributed by atoms with van der Waals surface area (Å²) in [5.41, 5.74) is 1.64. The van der Waals surface area contributed by atoms with Gasteiger partial charge in [0.15, 0.2) is 5.15 Å². The van der Waals surface area contributed by atoms with Gasteiger partial charge in [-0.3, -0.25) is 0 Å². The van der Waals surface area contributed by atoms with Gasteiger partial charge in [-0.15, -0.1) is 0 Å². The van der Waals surface area contributed by atoms with Crippen molar-refractivity contribution in [2.24, 2.45) is 0 Å². The molecule has 0 saturated heterocycles. The number of unbranched alkanes of at least 4 members (excludes halogenated alkanes) is 2. The molecule has 1 N–H and O–H groups in total. The van der Waals surface area contributed by atoms with Crippen molar-refractivity contribution in [1.29, 1.82) is 0 Å². The highest BCUT2D eigenvalue weighted by Crippen LogP contribution is 2.27. The van der Waals surface area contributed by atoms with Crippen molar-refractivity contribution in [1.82, 2.24) is 9.55 Å². The number of imidazole rings is 1. The molecule has 5 nitrogen and oxygen atoms in total. The highest BCUT2D eigenvalue weighted by Gasteiger charge is 2.16. The molecule has 0 atom stereocenters. The number of rotatable bonds is 10. The van der Waals surface area contributed by atoms with Crippen molar-refractivity contribution < 1.29 is 14.6 Å². The summed E-state index contributed by atoms with van der Waals surface area (Å²) in [6.07, 6.45) is 5.50. The lowest BCUT2D eigenvalue weighted by molar-refractivity contribution is -0.132. The summed E-state index contributed by atoms with van der Waals surface area (Å²) >= 11 is 12.7. The van der Waals surface area contributed by atoms with E-state index in [1.54, 1.807) is 0 Å². The quantitative estimate of drug-likeness (QED) is 0.383. The molecule has 2 rings (SSSR count). The van der Waals surface area contributed by atoms with Crippen molar-refractivity contribution in [2.75, 3.05) is 6.61 Å². The van der Waals surface area contributed by atoms with E-state index in [1.807, 2.05) is 29.7 Å².